The smallest absolute Gasteiger partial charge is 0.429 e. The first-order chi connectivity index (χ1) is 17.7. The first kappa shape index (κ1) is 25.6. The van der Waals surface area contributed by atoms with E-state index in [4.69, 9.17) is 4.74 Å². The summed E-state index contributed by atoms with van der Waals surface area (Å²) in [5.74, 6) is -5.17. The van der Waals surface area contributed by atoms with Crippen molar-refractivity contribution < 1.29 is 35.8 Å². The molecule has 5 rings (SSSR count). The zero-order chi connectivity index (χ0) is 26.2. The number of ether oxygens (including phenoxy) is 2. The van der Waals surface area contributed by atoms with Crippen LogP contribution < -0.4 is 4.74 Å². The highest BCUT2D eigenvalue weighted by Gasteiger charge is 2.41. The lowest BCUT2D eigenvalue weighted by atomic mass is 9.84. The molecule has 1 heterocycles. The van der Waals surface area contributed by atoms with Crippen LogP contribution in [0.3, 0.4) is 0 Å². The Morgan fingerprint density at radius 1 is 0.676 bits per heavy atom. The molecule has 2 nitrogen and oxygen atoms in total. The lowest BCUT2D eigenvalue weighted by Gasteiger charge is -2.32. The number of alkyl halides is 2. The van der Waals surface area contributed by atoms with E-state index < -0.39 is 40.7 Å². The summed E-state index contributed by atoms with van der Waals surface area (Å²) in [6, 6.07) is 10.3. The van der Waals surface area contributed by atoms with Crippen molar-refractivity contribution in [3.63, 3.8) is 0 Å². The molecule has 2 unspecified atom stereocenters. The SMILES string of the molecule is Fc1ccc(OC(F)(F)c2c(F)cc(-c3ccc(C4CCC(C5CCCC5)CO4)cc3)cc2F)cc1F. The average molecular weight is 521 g/mol. The largest absolute Gasteiger partial charge is 0.432 e. The fourth-order valence-electron chi connectivity index (χ4n) is 5.48. The van der Waals surface area contributed by atoms with Crippen molar-refractivity contribution in [2.45, 2.75) is 50.7 Å². The summed E-state index contributed by atoms with van der Waals surface area (Å²) >= 11 is 0. The summed E-state index contributed by atoms with van der Waals surface area (Å²) in [6.45, 7) is 0.732. The van der Waals surface area contributed by atoms with E-state index in [0.717, 1.165) is 49.1 Å². The molecule has 0 radical (unpaired) electrons. The molecular weight excluding hydrogens is 494 g/mol. The molecule has 2 aliphatic rings. The van der Waals surface area contributed by atoms with Gasteiger partial charge in [0.2, 0.25) is 0 Å². The van der Waals surface area contributed by atoms with Crippen molar-refractivity contribution in [2.75, 3.05) is 6.61 Å². The fourth-order valence-corrected chi connectivity index (χ4v) is 5.48. The van der Waals surface area contributed by atoms with Gasteiger partial charge in [0.15, 0.2) is 11.6 Å². The van der Waals surface area contributed by atoms with Gasteiger partial charge in [-0.05, 0) is 65.6 Å². The Kier molecular flexibility index (Phi) is 7.21. The molecule has 3 aromatic carbocycles. The first-order valence-corrected chi connectivity index (χ1v) is 12.4. The van der Waals surface area contributed by atoms with Crippen LogP contribution in [0.5, 0.6) is 5.75 Å². The summed E-state index contributed by atoms with van der Waals surface area (Å²) in [6.07, 6.45) is 2.66. The van der Waals surface area contributed by atoms with Crippen LogP contribution in [0.25, 0.3) is 11.1 Å². The van der Waals surface area contributed by atoms with Gasteiger partial charge in [0.25, 0.3) is 0 Å². The molecule has 1 aliphatic heterocycles. The third-order valence-corrected chi connectivity index (χ3v) is 7.46. The number of halogens is 6. The number of rotatable bonds is 6. The number of hydrogen-bond acceptors (Lipinski definition) is 2. The summed E-state index contributed by atoms with van der Waals surface area (Å²) < 4.78 is 95.4. The second-order valence-corrected chi connectivity index (χ2v) is 9.84. The maximum absolute atomic E-state index is 14.7. The predicted octanol–water partition coefficient (Wildman–Crippen LogP) is 8.70. The molecule has 1 saturated heterocycles. The van der Waals surface area contributed by atoms with E-state index in [-0.39, 0.29) is 11.7 Å². The average Bonchev–Trinajstić information content (AvgIpc) is 3.41. The topological polar surface area (TPSA) is 18.5 Å². The molecule has 0 amide bonds. The van der Waals surface area contributed by atoms with Crippen molar-refractivity contribution in [1.29, 1.82) is 0 Å². The lowest BCUT2D eigenvalue weighted by molar-refractivity contribution is -0.189. The molecule has 0 bridgehead atoms. The Hall–Kier alpha value is -3.00. The molecule has 2 atom stereocenters. The molecule has 1 saturated carbocycles. The predicted molar refractivity (Wildman–Crippen MR) is 126 cm³/mol. The van der Waals surface area contributed by atoms with Gasteiger partial charge >= 0.3 is 6.11 Å². The highest BCUT2D eigenvalue weighted by atomic mass is 19.3. The van der Waals surface area contributed by atoms with Gasteiger partial charge in [0.05, 0.1) is 12.7 Å². The fraction of sp³-hybridized carbons (Fsp3) is 0.379. The van der Waals surface area contributed by atoms with Crippen LogP contribution in [0, 0.1) is 35.1 Å². The van der Waals surface area contributed by atoms with E-state index in [1.807, 2.05) is 12.1 Å². The zero-order valence-corrected chi connectivity index (χ0v) is 20.0. The normalized spacial score (nSPS) is 20.8. The van der Waals surface area contributed by atoms with Gasteiger partial charge in [-0.2, -0.15) is 8.78 Å². The lowest BCUT2D eigenvalue weighted by Crippen LogP contribution is -2.25. The Balaban J connectivity index is 1.29. The van der Waals surface area contributed by atoms with Crippen LogP contribution in [0.2, 0.25) is 0 Å². The molecule has 3 aromatic rings. The van der Waals surface area contributed by atoms with Gasteiger partial charge in [-0.3, -0.25) is 0 Å². The molecule has 8 heteroatoms. The Morgan fingerprint density at radius 2 is 1.35 bits per heavy atom. The van der Waals surface area contributed by atoms with Crippen molar-refractivity contribution in [1.82, 2.24) is 0 Å². The molecule has 0 aromatic heterocycles. The quantitative estimate of drug-likeness (QED) is 0.303. The first-order valence-electron chi connectivity index (χ1n) is 12.4. The molecule has 0 spiro atoms. The van der Waals surface area contributed by atoms with Crippen LogP contribution in [0.4, 0.5) is 26.3 Å². The molecular formula is C29H26F6O2. The molecule has 2 fully saturated rings. The minimum Gasteiger partial charge on any atom is -0.429 e. The second kappa shape index (κ2) is 10.4. The van der Waals surface area contributed by atoms with Crippen LogP contribution in [-0.4, -0.2) is 6.61 Å². The molecule has 37 heavy (non-hydrogen) atoms. The van der Waals surface area contributed by atoms with Crippen LogP contribution in [0.1, 0.15) is 55.8 Å². The summed E-state index contributed by atoms with van der Waals surface area (Å²) in [5, 5.41) is 0. The Bertz CT molecular complexity index is 1220. The summed E-state index contributed by atoms with van der Waals surface area (Å²) in [5.41, 5.74) is -0.153. The summed E-state index contributed by atoms with van der Waals surface area (Å²) in [7, 11) is 0. The Labute approximate surface area is 211 Å². The summed E-state index contributed by atoms with van der Waals surface area (Å²) in [4.78, 5) is 0. The Morgan fingerprint density at radius 3 is 1.95 bits per heavy atom. The van der Waals surface area contributed by atoms with E-state index >= 15 is 0 Å². The number of benzene rings is 3. The van der Waals surface area contributed by atoms with Crippen molar-refractivity contribution in [3.05, 3.63) is 89.0 Å². The van der Waals surface area contributed by atoms with E-state index in [1.165, 1.54) is 25.7 Å². The van der Waals surface area contributed by atoms with E-state index in [9.17, 15) is 26.3 Å². The van der Waals surface area contributed by atoms with Crippen LogP contribution >= 0.6 is 0 Å². The third kappa shape index (κ3) is 5.49. The van der Waals surface area contributed by atoms with Gasteiger partial charge < -0.3 is 9.47 Å². The van der Waals surface area contributed by atoms with Crippen molar-refractivity contribution in [3.8, 4) is 16.9 Å². The standard InChI is InChI=1S/C29H26F6O2/c30-23-11-10-22(15-24(23)31)37-29(34,35)28-25(32)13-21(14-26(28)33)18-5-7-19(8-6-18)27-12-9-20(16-36-27)17-3-1-2-4-17/h5-8,10-11,13-15,17,20,27H,1-4,9,12,16H2. The van der Waals surface area contributed by atoms with Crippen molar-refractivity contribution in [2.24, 2.45) is 11.8 Å². The second-order valence-electron chi connectivity index (χ2n) is 9.84. The van der Waals surface area contributed by atoms with Gasteiger partial charge in [-0.1, -0.05) is 49.9 Å². The van der Waals surface area contributed by atoms with Crippen LogP contribution in [0.15, 0.2) is 54.6 Å². The molecule has 0 N–H and O–H groups in total. The maximum Gasteiger partial charge on any atom is 0.432 e. The van der Waals surface area contributed by atoms with E-state index in [2.05, 4.69) is 4.74 Å². The van der Waals surface area contributed by atoms with Gasteiger partial charge in [-0.15, -0.1) is 0 Å². The van der Waals surface area contributed by atoms with Gasteiger partial charge in [0.1, 0.15) is 22.9 Å². The van der Waals surface area contributed by atoms with Crippen molar-refractivity contribution >= 4 is 0 Å². The zero-order valence-electron chi connectivity index (χ0n) is 20.0. The van der Waals surface area contributed by atoms with E-state index in [0.29, 0.717) is 23.6 Å². The molecule has 196 valence electrons. The van der Waals surface area contributed by atoms with Gasteiger partial charge in [0, 0.05) is 6.07 Å². The van der Waals surface area contributed by atoms with E-state index in [1.54, 1.807) is 12.1 Å². The highest BCUT2D eigenvalue weighted by molar-refractivity contribution is 5.64. The maximum atomic E-state index is 14.7. The minimum atomic E-state index is -4.46. The van der Waals surface area contributed by atoms with Crippen LogP contribution in [-0.2, 0) is 10.8 Å². The van der Waals surface area contributed by atoms with Gasteiger partial charge in [-0.25, -0.2) is 17.6 Å². The number of hydrogen-bond donors (Lipinski definition) is 0. The third-order valence-electron chi connectivity index (χ3n) is 7.46. The monoisotopic (exact) mass is 520 g/mol. The highest BCUT2D eigenvalue weighted by Crippen LogP contribution is 2.41. The minimum absolute atomic E-state index is 0.0466. The molecule has 1 aliphatic carbocycles.